The molecule has 1 N–H and O–H groups in total. The van der Waals surface area contributed by atoms with E-state index in [1.54, 1.807) is 6.20 Å². The van der Waals surface area contributed by atoms with E-state index >= 15 is 0 Å². The van der Waals surface area contributed by atoms with Crippen LogP contribution < -0.4 is 0 Å². The summed E-state index contributed by atoms with van der Waals surface area (Å²) in [6, 6.07) is 9.76. The second kappa shape index (κ2) is 10.5. The van der Waals surface area contributed by atoms with Gasteiger partial charge in [-0.3, -0.25) is 9.78 Å². The molecule has 2 aliphatic heterocycles. The van der Waals surface area contributed by atoms with Crippen molar-refractivity contribution in [3.05, 3.63) is 65.2 Å². The number of amides is 1. The van der Waals surface area contributed by atoms with Gasteiger partial charge in [0.2, 0.25) is 0 Å². The molecule has 198 valence electrons. The van der Waals surface area contributed by atoms with Gasteiger partial charge >= 0.3 is 12.1 Å². The van der Waals surface area contributed by atoms with Crippen molar-refractivity contribution in [2.45, 2.75) is 51.2 Å². The van der Waals surface area contributed by atoms with Crippen LogP contribution in [-0.2, 0) is 20.9 Å². The van der Waals surface area contributed by atoms with E-state index in [1.807, 2.05) is 48.4 Å². The first-order valence-corrected chi connectivity index (χ1v) is 11.7. The van der Waals surface area contributed by atoms with Crippen LogP contribution in [-0.4, -0.2) is 64.4 Å². The molecule has 5 rings (SSSR count). The minimum atomic E-state index is -5.08. The average molecular weight is 521 g/mol. The van der Waals surface area contributed by atoms with E-state index in [0.717, 1.165) is 34.9 Å². The summed E-state index contributed by atoms with van der Waals surface area (Å²) < 4.78 is 49.9. The number of likely N-dealkylation sites (tertiary alicyclic amines) is 1. The van der Waals surface area contributed by atoms with Gasteiger partial charge in [-0.05, 0) is 43.5 Å². The van der Waals surface area contributed by atoms with Crippen LogP contribution in [0.2, 0.25) is 0 Å². The number of carboxylic acids is 1. The van der Waals surface area contributed by atoms with Gasteiger partial charge in [0.15, 0.2) is 5.76 Å². The van der Waals surface area contributed by atoms with Crippen molar-refractivity contribution in [3.63, 3.8) is 0 Å². The molecule has 0 bridgehead atoms. The van der Waals surface area contributed by atoms with Crippen LogP contribution in [0.3, 0.4) is 0 Å². The summed E-state index contributed by atoms with van der Waals surface area (Å²) >= 11 is 0. The summed E-state index contributed by atoms with van der Waals surface area (Å²) in [4.78, 5) is 27.9. The van der Waals surface area contributed by atoms with Crippen molar-refractivity contribution in [2.24, 2.45) is 0 Å². The Balaban J connectivity index is 0.000000405. The summed E-state index contributed by atoms with van der Waals surface area (Å²) in [7, 11) is 0. The Morgan fingerprint density at radius 2 is 1.92 bits per heavy atom. The first-order valence-electron chi connectivity index (χ1n) is 11.7. The maximum absolute atomic E-state index is 13.0. The summed E-state index contributed by atoms with van der Waals surface area (Å²) in [5.74, 6) is -2.39. The largest absolute Gasteiger partial charge is 0.490 e. The molecule has 0 saturated carbocycles. The average Bonchev–Trinajstić information content (AvgIpc) is 3.18. The van der Waals surface area contributed by atoms with Crippen molar-refractivity contribution in [1.82, 2.24) is 9.88 Å². The number of carboxylic acid groups (broad SMARTS) is 1. The van der Waals surface area contributed by atoms with Crippen molar-refractivity contribution in [1.29, 1.82) is 0 Å². The number of aliphatic carboxylic acids is 1. The lowest BCUT2D eigenvalue weighted by Gasteiger charge is -2.52. The number of benzene rings is 1. The van der Waals surface area contributed by atoms with E-state index in [1.165, 1.54) is 5.56 Å². The highest BCUT2D eigenvalue weighted by Crippen LogP contribution is 2.37. The van der Waals surface area contributed by atoms with Gasteiger partial charge < -0.3 is 23.9 Å². The molecule has 37 heavy (non-hydrogen) atoms. The molecule has 11 heteroatoms. The third-order valence-corrected chi connectivity index (χ3v) is 6.60. The number of fused-ring (bicyclic) bond motifs is 1. The molecule has 1 aromatic carbocycles. The zero-order valence-electron chi connectivity index (χ0n) is 20.4. The normalized spacial score (nSPS) is 18.7. The minimum absolute atomic E-state index is 0.0630. The summed E-state index contributed by atoms with van der Waals surface area (Å²) in [5.41, 5.74) is 3.65. The fraction of sp³-hybridized carbons (Fsp3) is 0.423. The minimum Gasteiger partial charge on any atom is -0.475 e. The van der Waals surface area contributed by atoms with Gasteiger partial charge in [-0.25, -0.2) is 4.79 Å². The predicted molar refractivity (Wildman–Crippen MR) is 126 cm³/mol. The number of aromatic nitrogens is 1. The molecule has 2 fully saturated rings. The lowest BCUT2D eigenvalue weighted by atomic mass is 9.84. The van der Waals surface area contributed by atoms with E-state index in [2.05, 4.69) is 11.9 Å². The van der Waals surface area contributed by atoms with Crippen molar-refractivity contribution in [3.8, 4) is 0 Å². The zero-order valence-corrected chi connectivity index (χ0v) is 20.4. The SMILES string of the molecule is Cc1ccncc1COC1CCOC2(C1)CN(C(=O)c1oc3ccccc3c1C)C2.O=C(O)C(F)(F)F. The van der Waals surface area contributed by atoms with E-state index in [9.17, 15) is 18.0 Å². The summed E-state index contributed by atoms with van der Waals surface area (Å²) in [5, 5.41) is 8.11. The maximum atomic E-state index is 13.0. The van der Waals surface area contributed by atoms with Gasteiger partial charge in [0.1, 0.15) is 11.2 Å². The molecule has 2 aromatic heterocycles. The first-order chi connectivity index (χ1) is 17.5. The molecule has 1 amide bonds. The van der Waals surface area contributed by atoms with Crippen LogP contribution in [0.1, 0.15) is 40.1 Å². The van der Waals surface area contributed by atoms with Gasteiger partial charge in [0.25, 0.3) is 5.91 Å². The fourth-order valence-electron chi connectivity index (χ4n) is 4.52. The van der Waals surface area contributed by atoms with Gasteiger partial charge in [-0.1, -0.05) is 18.2 Å². The number of hydrogen-bond acceptors (Lipinski definition) is 6. The lowest BCUT2D eigenvalue weighted by Crippen LogP contribution is -2.67. The highest BCUT2D eigenvalue weighted by molar-refractivity contribution is 5.99. The second-order valence-electron chi connectivity index (χ2n) is 9.28. The van der Waals surface area contributed by atoms with E-state index in [-0.39, 0.29) is 17.6 Å². The number of carbonyl (C=O) groups excluding carboxylic acids is 1. The molecule has 1 unspecified atom stereocenters. The van der Waals surface area contributed by atoms with E-state index in [4.69, 9.17) is 23.8 Å². The molecule has 0 radical (unpaired) electrons. The Morgan fingerprint density at radius 3 is 2.57 bits per heavy atom. The van der Waals surface area contributed by atoms with Crippen molar-refractivity contribution >= 4 is 22.8 Å². The monoisotopic (exact) mass is 520 g/mol. The molecule has 1 atom stereocenters. The van der Waals surface area contributed by atoms with Crippen LogP contribution in [0.4, 0.5) is 13.2 Å². The molecule has 0 aliphatic carbocycles. The topological polar surface area (TPSA) is 102 Å². The first kappa shape index (κ1) is 26.6. The second-order valence-corrected chi connectivity index (χ2v) is 9.28. The summed E-state index contributed by atoms with van der Waals surface area (Å²) in [6.45, 7) is 6.38. The van der Waals surface area contributed by atoms with Gasteiger partial charge in [-0.2, -0.15) is 13.2 Å². The molecular formula is C26H27F3N2O6. The van der Waals surface area contributed by atoms with E-state index < -0.39 is 12.1 Å². The smallest absolute Gasteiger partial charge is 0.475 e. The quantitative estimate of drug-likeness (QED) is 0.534. The summed E-state index contributed by atoms with van der Waals surface area (Å²) in [6.07, 6.45) is 0.381. The molecule has 2 saturated heterocycles. The third kappa shape index (κ3) is 5.94. The molecule has 1 spiro atoms. The Hall–Kier alpha value is -3.44. The molecule has 8 nitrogen and oxygen atoms in total. The van der Waals surface area contributed by atoms with Gasteiger partial charge in [0, 0.05) is 36.4 Å². The Bertz CT molecular complexity index is 1280. The number of aryl methyl sites for hydroxylation is 2. The van der Waals surface area contributed by atoms with Gasteiger partial charge in [0.05, 0.1) is 25.8 Å². The van der Waals surface area contributed by atoms with Crippen LogP contribution >= 0.6 is 0 Å². The molecule has 3 aromatic rings. The number of hydrogen-bond donors (Lipinski definition) is 1. The van der Waals surface area contributed by atoms with Crippen LogP contribution in [0, 0.1) is 13.8 Å². The van der Waals surface area contributed by atoms with Crippen LogP contribution in [0.25, 0.3) is 11.0 Å². The standard InChI is InChI=1S/C24H26N2O4.C2HF3O2/c1-16-7-9-25-12-18(16)13-28-19-8-10-29-24(11-19)14-26(15-24)23(27)22-17(2)20-5-3-4-6-21(20)30-22;3-2(4,5)1(6)7/h3-7,9,12,19H,8,10-11,13-15H2,1-2H3;(H,6,7). The van der Waals surface area contributed by atoms with Crippen molar-refractivity contribution < 1.29 is 41.8 Å². The number of carbonyl (C=O) groups is 2. The Labute approximate surface area is 211 Å². The number of rotatable bonds is 4. The number of pyridine rings is 1. The number of ether oxygens (including phenoxy) is 2. The van der Waals surface area contributed by atoms with E-state index in [0.29, 0.717) is 32.1 Å². The van der Waals surface area contributed by atoms with Crippen molar-refractivity contribution in [2.75, 3.05) is 19.7 Å². The maximum Gasteiger partial charge on any atom is 0.490 e. The Morgan fingerprint density at radius 1 is 1.22 bits per heavy atom. The third-order valence-electron chi connectivity index (χ3n) is 6.60. The van der Waals surface area contributed by atoms with Gasteiger partial charge in [-0.15, -0.1) is 0 Å². The molecular weight excluding hydrogens is 493 g/mol. The highest BCUT2D eigenvalue weighted by atomic mass is 19.4. The highest BCUT2D eigenvalue weighted by Gasteiger charge is 2.50. The molecule has 2 aliphatic rings. The number of furan rings is 1. The number of alkyl halides is 3. The predicted octanol–water partition coefficient (Wildman–Crippen LogP) is 4.67. The zero-order chi connectivity index (χ0) is 26.8. The number of halogens is 3. The Kier molecular flexibility index (Phi) is 7.56. The van der Waals surface area contributed by atoms with Crippen LogP contribution in [0.5, 0.6) is 0 Å². The molecule has 4 heterocycles. The number of para-hydroxylation sites is 1. The van der Waals surface area contributed by atoms with Crippen LogP contribution in [0.15, 0.2) is 47.1 Å². The lowest BCUT2D eigenvalue weighted by molar-refractivity contribution is -0.192. The number of nitrogens with zero attached hydrogens (tertiary/aromatic N) is 2. The fourth-order valence-corrected chi connectivity index (χ4v) is 4.52.